The molecule has 0 aliphatic heterocycles. The molecule has 0 aliphatic rings. The highest BCUT2D eigenvalue weighted by Crippen LogP contribution is 2.18. The van der Waals surface area contributed by atoms with Crippen LogP contribution in [0.2, 0.25) is 10.2 Å². The summed E-state index contributed by atoms with van der Waals surface area (Å²) in [5, 5.41) is 4.29. The fraction of sp³-hybridized carbons (Fsp3) is 0. The molecule has 1 heterocycles. The van der Waals surface area contributed by atoms with Crippen LogP contribution in [0.5, 0.6) is 0 Å². The number of nitrogens with one attached hydrogen (secondary N) is 1. The lowest BCUT2D eigenvalue weighted by Gasteiger charge is -2.05. The van der Waals surface area contributed by atoms with E-state index in [1.54, 1.807) is 6.07 Å². The van der Waals surface area contributed by atoms with Gasteiger partial charge in [-0.2, -0.15) is 0 Å². The Labute approximate surface area is 97.9 Å². The first kappa shape index (κ1) is 10.3. The van der Waals surface area contributed by atoms with Gasteiger partial charge in [0.15, 0.2) is 0 Å². The van der Waals surface area contributed by atoms with Gasteiger partial charge in [0.05, 0.1) is 0 Å². The minimum absolute atomic E-state index is 0.467. The lowest BCUT2D eigenvalue weighted by Crippen LogP contribution is -1.92. The van der Waals surface area contributed by atoms with Crippen LogP contribution in [0.25, 0.3) is 0 Å². The van der Waals surface area contributed by atoms with Crippen molar-refractivity contribution >= 4 is 34.7 Å². The lowest BCUT2D eigenvalue weighted by atomic mass is 10.3. The van der Waals surface area contributed by atoms with Gasteiger partial charge in [-0.05, 0) is 36.4 Å². The van der Waals surface area contributed by atoms with E-state index in [0.29, 0.717) is 16.0 Å². The van der Waals surface area contributed by atoms with Gasteiger partial charge in [0, 0.05) is 10.7 Å². The fourth-order valence-electron chi connectivity index (χ4n) is 1.16. The molecule has 1 N–H and O–H groups in total. The largest absolute Gasteiger partial charge is 0.340 e. The van der Waals surface area contributed by atoms with Crippen LogP contribution in [-0.4, -0.2) is 4.98 Å². The van der Waals surface area contributed by atoms with Crippen LogP contribution < -0.4 is 5.32 Å². The van der Waals surface area contributed by atoms with Crippen LogP contribution in [0.1, 0.15) is 0 Å². The van der Waals surface area contributed by atoms with Gasteiger partial charge in [0.1, 0.15) is 11.0 Å². The van der Waals surface area contributed by atoms with E-state index < -0.39 is 0 Å². The summed E-state index contributed by atoms with van der Waals surface area (Å²) in [4.78, 5) is 4.11. The molecule has 76 valence electrons. The summed E-state index contributed by atoms with van der Waals surface area (Å²) in [6, 6.07) is 12.8. The molecule has 1 aromatic heterocycles. The first-order chi connectivity index (χ1) is 7.24. The van der Waals surface area contributed by atoms with Crippen molar-refractivity contribution in [1.29, 1.82) is 0 Å². The summed E-state index contributed by atoms with van der Waals surface area (Å²) in [5.74, 6) is 0.713. The number of halogens is 2. The van der Waals surface area contributed by atoms with Crippen molar-refractivity contribution in [1.82, 2.24) is 4.98 Å². The van der Waals surface area contributed by atoms with Gasteiger partial charge in [0.2, 0.25) is 0 Å². The van der Waals surface area contributed by atoms with E-state index in [-0.39, 0.29) is 0 Å². The molecule has 15 heavy (non-hydrogen) atoms. The average molecular weight is 239 g/mol. The van der Waals surface area contributed by atoms with Gasteiger partial charge in [-0.3, -0.25) is 0 Å². The molecule has 0 saturated heterocycles. The molecule has 0 atom stereocenters. The molecule has 2 aromatic rings. The maximum absolute atomic E-state index is 5.78. The van der Waals surface area contributed by atoms with E-state index in [2.05, 4.69) is 10.3 Å². The molecule has 0 unspecified atom stereocenters. The van der Waals surface area contributed by atoms with Crippen molar-refractivity contribution in [2.24, 2.45) is 0 Å². The van der Waals surface area contributed by atoms with Crippen molar-refractivity contribution in [2.45, 2.75) is 0 Å². The van der Waals surface area contributed by atoms with Crippen LogP contribution >= 0.6 is 23.2 Å². The highest BCUT2D eigenvalue weighted by Gasteiger charge is 1.96. The van der Waals surface area contributed by atoms with E-state index in [1.807, 2.05) is 36.4 Å². The molecular weight excluding hydrogens is 231 g/mol. The number of benzene rings is 1. The summed E-state index contributed by atoms with van der Waals surface area (Å²) in [5.41, 5.74) is 0.925. The van der Waals surface area contributed by atoms with Gasteiger partial charge in [-0.1, -0.05) is 29.3 Å². The summed E-state index contributed by atoms with van der Waals surface area (Å²) in [7, 11) is 0. The van der Waals surface area contributed by atoms with Gasteiger partial charge < -0.3 is 5.32 Å². The van der Waals surface area contributed by atoms with Crippen LogP contribution in [-0.2, 0) is 0 Å². The quantitative estimate of drug-likeness (QED) is 0.797. The van der Waals surface area contributed by atoms with Crippen molar-refractivity contribution in [2.75, 3.05) is 5.32 Å². The molecule has 0 saturated carbocycles. The fourth-order valence-corrected chi connectivity index (χ4v) is 1.45. The number of aromatic nitrogens is 1. The van der Waals surface area contributed by atoms with E-state index in [1.165, 1.54) is 0 Å². The zero-order valence-corrected chi connectivity index (χ0v) is 9.26. The maximum Gasteiger partial charge on any atom is 0.132 e. The second-order valence-electron chi connectivity index (χ2n) is 2.98. The minimum Gasteiger partial charge on any atom is -0.340 e. The van der Waals surface area contributed by atoms with Crippen LogP contribution in [0.15, 0.2) is 42.5 Å². The van der Waals surface area contributed by atoms with Crippen molar-refractivity contribution in [3.8, 4) is 0 Å². The molecule has 0 radical (unpaired) electrons. The highest BCUT2D eigenvalue weighted by molar-refractivity contribution is 6.30. The summed E-state index contributed by atoms with van der Waals surface area (Å²) < 4.78 is 0. The third kappa shape index (κ3) is 2.85. The highest BCUT2D eigenvalue weighted by atomic mass is 35.5. The monoisotopic (exact) mass is 238 g/mol. The third-order valence-corrected chi connectivity index (χ3v) is 2.29. The van der Waals surface area contributed by atoms with Crippen LogP contribution in [0.3, 0.4) is 0 Å². The second kappa shape index (κ2) is 4.51. The van der Waals surface area contributed by atoms with Crippen LogP contribution in [0, 0.1) is 0 Å². The molecule has 0 amide bonds. The summed E-state index contributed by atoms with van der Waals surface area (Å²) in [6.07, 6.45) is 0. The van der Waals surface area contributed by atoms with E-state index >= 15 is 0 Å². The SMILES string of the molecule is Clc1ccc(Nc2cccc(Cl)n2)cc1. The number of pyridine rings is 1. The molecule has 1 aromatic carbocycles. The first-order valence-corrected chi connectivity index (χ1v) is 5.15. The number of nitrogens with zero attached hydrogens (tertiary/aromatic N) is 1. The standard InChI is InChI=1S/C11H8Cl2N2/c12-8-4-6-9(7-5-8)14-11-3-1-2-10(13)15-11/h1-7H,(H,14,15). The zero-order chi connectivity index (χ0) is 10.7. The van der Waals surface area contributed by atoms with E-state index in [9.17, 15) is 0 Å². The van der Waals surface area contributed by atoms with E-state index in [4.69, 9.17) is 23.2 Å². The lowest BCUT2D eigenvalue weighted by molar-refractivity contribution is 1.31. The molecule has 0 spiro atoms. The Balaban J connectivity index is 2.18. The van der Waals surface area contributed by atoms with Crippen LogP contribution in [0.4, 0.5) is 11.5 Å². The normalized spacial score (nSPS) is 10.0. The Kier molecular flexibility index (Phi) is 3.09. The van der Waals surface area contributed by atoms with Gasteiger partial charge >= 0.3 is 0 Å². The van der Waals surface area contributed by atoms with Gasteiger partial charge in [-0.25, -0.2) is 4.98 Å². The molecule has 2 rings (SSSR count). The third-order valence-electron chi connectivity index (χ3n) is 1.83. The second-order valence-corrected chi connectivity index (χ2v) is 3.80. The predicted octanol–water partition coefficient (Wildman–Crippen LogP) is 4.13. The van der Waals surface area contributed by atoms with Crippen molar-refractivity contribution < 1.29 is 0 Å². The Morgan fingerprint density at radius 1 is 0.933 bits per heavy atom. The Bertz CT molecular complexity index is 454. The molecule has 0 fully saturated rings. The molecule has 2 nitrogen and oxygen atoms in total. The average Bonchev–Trinajstić information content (AvgIpc) is 2.22. The first-order valence-electron chi connectivity index (χ1n) is 4.39. The summed E-state index contributed by atoms with van der Waals surface area (Å²) in [6.45, 7) is 0. The zero-order valence-electron chi connectivity index (χ0n) is 7.74. The predicted molar refractivity (Wildman–Crippen MR) is 64.0 cm³/mol. The topological polar surface area (TPSA) is 24.9 Å². The minimum atomic E-state index is 0.467. The Hall–Kier alpha value is -1.25. The number of anilines is 2. The van der Waals surface area contributed by atoms with Crippen molar-refractivity contribution in [3.05, 3.63) is 52.6 Å². The Morgan fingerprint density at radius 2 is 1.67 bits per heavy atom. The van der Waals surface area contributed by atoms with Gasteiger partial charge in [0.25, 0.3) is 0 Å². The number of hydrogen-bond donors (Lipinski definition) is 1. The van der Waals surface area contributed by atoms with Crippen molar-refractivity contribution in [3.63, 3.8) is 0 Å². The Morgan fingerprint density at radius 3 is 2.33 bits per heavy atom. The maximum atomic E-state index is 5.78. The molecule has 0 bridgehead atoms. The molecule has 4 heteroatoms. The summed E-state index contributed by atoms with van der Waals surface area (Å²) >= 11 is 11.5. The molecule has 0 aliphatic carbocycles. The smallest absolute Gasteiger partial charge is 0.132 e. The molecular formula is C11H8Cl2N2. The number of hydrogen-bond acceptors (Lipinski definition) is 2. The van der Waals surface area contributed by atoms with Gasteiger partial charge in [-0.15, -0.1) is 0 Å². The number of rotatable bonds is 2. The van der Waals surface area contributed by atoms with E-state index in [0.717, 1.165) is 5.69 Å².